The van der Waals surface area contributed by atoms with Crippen LogP contribution in [-0.4, -0.2) is 43.1 Å². The molecule has 0 saturated carbocycles. The van der Waals surface area contributed by atoms with E-state index in [1.165, 1.54) is 24.3 Å². The van der Waals surface area contributed by atoms with Gasteiger partial charge in [-0.05, 0) is 24.8 Å². The van der Waals surface area contributed by atoms with E-state index in [1.807, 2.05) is 0 Å². The Labute approximate surface area is 144 Å². The molecule has 0 spiro atoms. The van der Waals surface area contributed by atoms with Crippen molar-refractivity contribution < 1.29 is 27.8 Å². The van der Waals surface area contributed by atoms with Crippen molar-refractivity contribution in [1.82, 2.24) is 10.6 Å². The summed E-state index contributed by atoms with van der Waals surface area (Å²) >= 11 is 0. The lowest BCUT2D eigenvalue weighted by molar-refractivity contribution is -0.268. The molecule has 3 N–H and O–H groups in total. The molecule has 1 aromatic rings. The fourth-order valence-electron chi connectivity index (χ4n) is 2.80. The summed E-state index contributed by atoms with van der Waals surface area (Å²) in [4.78, 5) is 11.7. The van der Waals surface area contributed by atoms with E-state index in [4.69, 9.17) is 4.74 Å². The minimum absolute atomic E-state index is 0.133. The molecule has 0 aromatic heterocycles. The van der Waals surface area contributed by atoms with Gasteiger partial charge in [0.15, 0.2) is 5.60 Å². The summed E-state index contributed by atoms with van der Waals surface area (Å²) in [5, 5.41) is 15.1. The first-order valence-electron chi connectivity index (χ1n) is 8.31. The van der Waals surface area contributed by atoms with Crippen molar-refractivity contribution >= 4 is 6.03 Å². The van der Waals surface area contributed by atoms with Gasteiger partial charge in [-0.3, -0.25) is 0 Å². The number of rotatable bonds is 7. The summed E-state index contributed by atoms with van der Waals surface area (Å²) in [5.41, 5.74) is -3.25. The fourth-order valence-corrected chi connectivity index (χ4v) is 2.80. The average Bonchev–Trinajstić information content (AvgIpc) is 3.08. The standard InChI is InChI=1S/C17H23F3N2O3/c18-17(19,20)16(24,13-5-2-1-3-6-13)9-11-22-15(23)21-10-8-14-7-4-12-25-14/h1-3,5-6,14,24H,4,7-12H2,(H2,21,22,23)/t14-,16+/m0/s1. The van der Waals surface area contributed by atoms with Crippen LogP contribution < -0.4 is 10.6 Å². The summed E-state index contributed by atoms with van der Waals surface area (Å²) in [6.07, 6.45) is -2.74. The van der Waals surface area contributed by atoms with Gasteiger partial charge < -0.3 is 20.5 Å². The van der Waals surface area contributed by atoms with Crippen molar-refractivity contribution in [2.24, 2.45) is 0 Å². The minimum atomic E-state index is -4.84. The van der Waals surface area contributed by atoms with Crippen molar-refractivity contribution in [2.45, 2.75) is 43.6 Å². The second kappa shape index (κ2) is 8.53. The van der Waals surface area contributed by atoms with Gasteiger partial charge >= 0.3 is 12.2 Å². The zero-order chi connectivity index (χ0) is 18.3. The van der Waals surface area contributed by atoms with Gasteiger partial charge in [-0.15, -0.1) is 0 Å². The first-order chi connectivity index (χ1) is 11.8. The second-order valence-electron chi connectivity index (χ2n) is 6.08. The molecule has 5 nitrogen and oxygen atoms in total. The van der Waals surface area contributed by atoms with Crippen LogP contribution in [-0.2, 0) is 10.3 Å². The second-order valence-corrected chi connectivity index (χ2v) is 6.08. The number of hydrogen-bond acceptors (Lipinski definition) is 3. The van der Waals surface area contributed by atoms with Gasteiger partial charge in [0.2, 0.25) is 0 Å². The van der Waals surface area contributed by atoms with Crippen molar-refractivity contribution in [3.05, 3.63) is 35.9 Å². The number of carbonyl (C=O) groups excluding carboxylic acids is 1. The molecule has 1 aromatic carbocycles. The van der Waals surface area contributed by atoms with Crippen LogP contribution in [0.15, 0.2) is 30.3 Å². The highest BCUT2D eigenvalue weighted by molar-refractivity contribution is 5.73. The van der Waals surface area contributed by atoms with Gasteiger partial charge in [0.05, 0.1) is 6.10 Å². The Kier molecular flexibility index (Phi) is 6.66. The van der Waals surface area contributed by atoms with E-state index in [2.05, 4.69) is 10.6 Å². The van der Waals surface area contributed by atoms with Gasteiger partial charge in [0.1, 0.15) is 0 Å². The van der Waals surface area contributed by atoms with Gasteiger partial charge in [-0.1, -0.05) is 30.3 Å². The van der Waals surface area contributed by atoms with E-state index in [-0.39, 0.29) is 18.2 Å². The number of nitrogens with one attached hydrogen (secondary N) is 2. The van der Waals surface area contributed by atoms with E-state index >= 15 is 0 Å². The molecule has 2 amide bonds. The van der Waals surface area contributed by atoms with Crippen molar-refractivity contribution in [3.8, 4) is 0 Å². The monoisotopic (exact) mass is 360 g/mol. The number of halogens is 3. The van der Waals surface area contributed by atoms with Crippen LogP contribution in [0.25, 0.3) is 0 Å². The number of alkyl halides is 3. The first-order valence-corrected chi connectivity index (χ1v) is 8.31. The van der Waals surface area contributed by atoms with Crippen LogP contribution in [0.3, 0.4) is 0 Å². The molecular formula is C17H23F3N2O3. The molecule has 25 heavy (non-hydrogen) atoms. The molecule has 1 aliphatic rings. The van der Waals surface area contributed by atoms with E-state index < -0.39 is 24.2 Å². The van der Waals surface area contributed by atoms with Gasteiger partial charge in [0, 0.05) is 26.1 Å². The molecule has 1 heterocycles. The van der Waals surface area contributed by atoms with Crippen LogP contribution in [0.1, 0.15) is 31.2 Å². The molecule has 0 radical (unpaired) electrons. The molecule has 140 valence electrons. The van der Waals surface area contributed by atoms with Crippen molar-refractivity contribution in [3.63, 3.8) is 0 Å². The van der Waals surface area contributed by atoms with Crippen LogP contribution >= 0.6 is 0 Å². The summed E-state index contributed by atoms with van der Waals surface area (Å²) in [7, 11) is 0. The molecule has 1 fully saturated rings. The molecule has 1 saturated heterocycles. The number of hydrogen-bond donors (Lipinski definition) is 3. The predicted molar refractivity (Wildman–Crippen MR) is 86.0 cm³/mol. The summed E-state index contributed by atoms with van der Waals surface area (Å²) in [5.74, 6) is 0. The normalized spacial score (nSPS) is 20.1. The zero-order valence-electron chi connectivity index (χ0n) is 13.8. The zero-order valence-corrected chi connectivity index (χ0v) is 13.8. The average molecular weight is 360 g/mol. The van der Waals surface area contributed by atoms with Gasteiger partial charge in [-0.2, -0.15) is 13.2 Å². The van der Waals surface area contributed by atoms with Crippen LogP contribution in [0.2, 0.25) is 0 Å². The van der Waals surface area contributed by atoms with E-state index in [0.29, 0.717) is 13.0 Å². The van der Waals surface area contributed by atoms with Crippen LogP contribution in [0.5, 0.6) is 0 Å². The molecule has 8 heteroatoms. The van der Waals surface area contributed by atoms with Crippen molar-refractivity contribution in [2.75, 3.05) is 19.7 Å². The molecule has 0 bridgehead atoms. The Bertz CT molecular complexity index is 548. The van der Waals surface area contributed by atoms with Crippen LogP contribution in [0.4, 0.5) is 18.0 Å². The maximum atomic E-state index is 13.3. The third kappa shape index (κ3) is 5.34. The molecular weight excluding hydrogens is 337 g/mol. The third-order valence-corrected chi connectivity index (χ3v) is 4.27. The summed E-state index contributed by atoms with van der Waals surface area (Å²) in [6.45, 7) is 0.807. The highest BCUT2D eigenvalue weighted by atomic mass is 19.4. The number of ether oxygens (including phenoxy) is 1. The Morgan fingerprint density at radius 2 is 1.88 bits per heavy atom. The maximum absolute atomic E-state index is 13.3. The Hall–Kier alpha value is -1.80. The van der Waals surface area contributed by atoms with Crippen LogP contribution in [0, 0.1) is 0 Å². The lowest BCUT2D eigenvalue weighted by Gasteiger charge is -2.31. The van der Waals surface area contributed by atoms with E-state index in [1.54, 1.807) is 6.07 Å². The Morgan fingerprint density at radius 1 is 1.20 bits per heavy atom. The number of amides is 2. The lowest BCUT2D eigenvalue weighted by atomic mass is 9.89. The number of benzene rings is 1. The summed E-state index contributed by atoms with van der Waals surface area (Å²) in [6, 6.07) is 6.30. The quantitative estimate of drug-likeness (QED) is 0.700. The largest absolute Gasteiger partial charge is 0.421 e. The van der Waals surface area contributed by atoms with Gasteiger partial charge in [0.25, 0.3) is 0 Å². The Morgan fingerprint density at radius 3 is 2.48 bits per heavy atom. The smallest absolute Gasteiger partial charge is 0.378 e. The third-order valence-electron chi connectivity index (χ3n) is 4.27. The highest BCUT2D eigenvalue weighted by Gasteiger charge is 2.54. The van der Waals surface area contributed by atoms with E-state index in [0.717, 1.165) is 19.4 Å². The number of carbonyl (C=O) groups is 1. The molecule has 0 unspecified atom stereocenters. The van der Waals surface area contributed by atoms with Gasteiger partial charge in [-0.25, -0.2) is 4.79 Å². The minimum Gasteiger partial charge on any atom is -0.378 e. The molecule has 2 rings (SSSR count). The maximum Gasteiger partial charge on any atom is 0.421 e. The number of urea groups is 1. The van der Waals surface area contributed by atoms with Crippen molar-refractivity contribution in [1.29, 1.82) is 0 Å². The predicted octanol–water partition coefficient (Wildman–Crippen LogP) is 2.69. The topological polar surface area (TPSA) is 70.6 Å². The van der Waals surface area contributed by atoms with E-state index in [9.17, 15) is 23.1 Å². The molecule has 2 atom stereocenters. The highest BCUT2D eigenvalue weighted by Crippen LogP contribution is 2.41. The fraction of sp³-hybridized carbons (Fsp3) is 0.588. The summed E-state index contributed by atoms with van der Waals surface area (Å²) < 4.78 is 45.3. The molecule has 0 aliphatic carbocycles. The number of aliphatic hydroxyl groups is 1. The lowest BCUT2D eigenvalue weighted by Crippen LogP contribution is -2.46. The Balaban J connectivity index is 1.79. The SMILES string of the molecule is O=C(NCC[C@@H]1CCCO1)NCC[C@@](O)(c1ccccc1)C(F)(F)F. The first kappa shape index (κ1) is 19.5. The molecule has 1 aliphatic heterocycles.